The molecule has 0 amide bonds. The molecule has 1 aromatic rings. The average Bonchev–Trinajstić information content (AvgIpc) is 2.30. The zero-order valence-electron chi connectivity index (χ0n) is 9.92. The van der Waals surface area contributed by atoms with E-state index in [2.05, 4.69) is 0 Å². The van der Waals surface area contributed by atoms with Gasteiger partial charge in [-0.25, -0.2) is 12.8 Å². The highest BCUT2D eigenvalue weighted by molar-refractivity contribution is 7.92. The lowest BCUT2D eigenvalue weighted by atomic mass is 9.94. The quantitative estimate of drug-likeness (QED) is 0.828. The Labute approximate surface area is 105 Å². The molecule has 0 heterocycles. The van der Waals surface area contributed by atoms with E-state index in [0.29, 0.717) is 0 Å². The Morgan fingerprint density at radius 1 is 1.39 bits per heavy atom. The van der Waals surface area contributed by atoms with Crippen molar-refractivity contribution in [2.24, 2.45) is 0 Å². The van der Waals surface area contributed by atoms with E-state index in [0.717, 1.165) is 12.3 Å². The van der Waals surface area contributed by atoms with Crippen molar-refractivity contribution < 1.29 is 17.6 Å². The summed E-state index contributed by atoms with van der Waals surface area (Å²) >= 11 is 0. The van der Waals surface area contributed by atoms with Crippen molar-refractivity contribution in [3.63, 3.8) is 0 Å². The summed E-state index contributed by atoms with van der Waals surface area (Å²) in [7, 11) is -3.60. The van der Waals surface area contributed by atoms with Gasteiger partial charge in [0, 0.05) is 11.8 Å². The van der Waals surface area contributed by atoms with Crippen molar-refractivity contribution in [2.45, 2.75) is 18.1 Å². The van der Waals surface area contributed by atoms with Crippen LogP contribution in [0.5, 0.6) is 0 Å². The third-order valence-electron chi connectivity index (χ3n) is 2.67. The number of Topliss-reactive ketones (excluding diaryl/α,β-unsaturated/α-hetero) is 1. The summed E-state index contributed by atoms with van der Waals surface area (Å²) in [5, 5.41) is 7.62. The van der Waals surface area contributed by atoms with E-state index in [-0.39, 0.29) is 5.56 Å². The van der Waals surface area contributed by atoms with Crippen molar-refractivity contribution in [1.29, 1.82) is 5.26 Å². The number of carbonyl (C=O) groups is 1. The summed E-state index contributed by atoms with van der Waals surface area (Å²) in [5.74, 6) is -2.92. The van der Waals surface area contributed by atoms with Crippen LogP contribution in [0.4, 0.5) is 4.39 Å². The maximum atomic E-state index is 13.5. The van der Waals surface area contributed by atoms with Crippen LogP contribution in [0.15, 0.2) is 24.3 Å². The first-order chi connectivity index (χ1) is 8.29. The molecule has 0 saturated carbocycles. The van der Waals surface area contributed by atoms with Crippen molar-refractivity contribution in [1.82, 2.24) is 0 Å². The van der Waals surface area contributed by atoms with Gasteiger partial charge in [-0.1, -0.05) is 18.2 Å². The van der Waals surface area contributed by atoms with Crippen LogP contribution >= 0.6 is 0 Å². The molecule has 0 saturated heterocycles. The molecule has 6 heteroatoms. The van der Waals surface area contributed by atoms with Crippen LogP contribution in [0.25, 0.3) is 0 Å². The minimum Gasteiger partial charge on any atom is -0.296 e. The highest BCUT2D eigenvalue weighted by Crippen LogP contribution is 2.22. The number of benzene rings is 1. The predicted molar refractivity (Wildman–Crippen MR) is 64.1 cm³/mol. The van der Waals surface area contributed by atoms with Crippen molar-refractivity contribution >= 4 is 15.6 Å². The minimum absolute atomic E-state index is 0.0968. The number of hydrogen-bond acceptors (Lipinski definition) is 4. The first kappa shape index (κ1) is 14.3. The summed E-state index contributed by atoms with van der Waals surface area (Å²) in [5.41, 5.74) is -0.0968. The van der Waals surface area contributed by atoms with E-state index in [1.54, 1.807) is 6.07 Å². The van der Waals surface area contributed by atoms with Crippen LogP contribution in [0.3, 0.4) is 0 Å². The topological polar surface area (TPSA) is 75.0 Å². The number of nitrogens with zero attached hydrogens (tertiary/aromatic N) is 1. The molecular formula is C12H12FNO3S. The first-order valence-corrected chi connectivity index (χ1v) is 7.11. The lowest BCUT2D eigenvalue weighted by molar-refractivity contribution is -0.118. The molecule has 0 aliphatic carbocycles. The molecule has 0 N–H and O–H groups in total. The van der Waals surface area contributed by atoms with Crippen LogP contribution in [0, 0.1) is 17.1 Å². The number of nitriles is 1. The van der Waals surface area contributed by atoms with Crippen molar-refractivity contribution in [3.8, 4) is 6.07 Å². The van der Waals surface area contributed by atoms with Crippen LogP contribution in [0.2, 0.25) is 0 Å². The Morgan fingerprint density at radius 3 is 2.39 bits per heavy atom. The molecule has 0 aromatic heterocycles. The van der Waals surface area contributed by atoms with Crippen molar-refractivity contribution in [2.75, 3.05) is 6.26 Å². The number of halogens is 1. The normalized spacial score (nSPS) is 14.6. The second-order valence-corrected chi connectivity index (χ2v) is 6.32. The maximum Gasteiger partial charge on any atom is 0.172 e. The predicted octanol–water partition coefficient (Wildman–Crippen LogP) is 1.44. The van der Waals surface area contributed by atoms with Crippen LogP contribution in [-0.2, 0) is 14.6 Å². The van der Waals surface area contributed by atoms with Gasteiger partial charge in [0.1, 0.15) is 17.0 Å². The van der Waals surface area contributed by atoms with E-state index < -0.39 is 32.6 Å². The molecule has 0 spiro atoms. The molecule has 0 aliphatic heterocycles. The summed E-state index contributed by atoms with van der Waals surface area (Å²) in [6.45, 7) is 1.20. The molecule has 96 valence electrons. The second kappa shape index (κ2) is 5.27. The van der Waals surface area contributed by atoms with Gasteiger partial charge >= 0.3 is 0 Å². The van der Waals surface area contributed by atoms with E-state index in [4.69, 9.17) is 5.26 Å². The molecule has 0 fully saturated rings. The Kier molecular flexibility index (Phi) is 4.19. The molecule has 18 heavy (non-hydrogen) atoms. The standard InChI is InChI=1S/C12H12FNO3S/c1-8(18(2,16)17)12(15)10(7-14)9-5-3-4-6-11(9)13/h3-6,8,10H,1-2H3. The lowest BCUT2D eigenvalue weighted by Crippen LogP contribution is -2.30. The van der Waals surface area contributed by atoms with Gasteiger partial charge in [0.2, 0.25) is 0 Å². The fraction of sp³-hybridized carbons (Fsp3) is 0.333. The summed E-state index contributed by atoms with van der Waals surface area (Å²) in [6, 6.07) is 7.00. The van der Waals surface area contributed by atoms with Gasteiger partial charge in [0.25, 0.3) is 0 Å². The third-order valence-corrected chi connectivity index (χ3v) is 4.19. The summed E-state index contributed by atoms with van der Waals surface area (Å²) in [4.78, 5) is 11.9. The molecule has 0 radical (unpaired) electrons. The van der Waals surface area contributed by atoms with Gasteiger partial charge in [0.05, 0.1) is 6.07 Å². The molecule has 2 unspecified atom stereocenters. The zero-order chi connectivity index (χ0) is 13.9. The number of carbonyl (C=O) groups excluding carboxylic acids is 1. The summed E-state index contributed by atoms with van der Waals surface area (Å²) < 4.78 is 36.1. The SMILES string of the molecule is CC(C(=O)C(C#N)c1ccccc1F)S(C)(=O)=O. The van der Waals surface area contributed by atoms with Gasteiger partial charge in [-0.15, -0.1) is 0 Å². The van der Waals surface area contributed by atoms with E-state index in [9.17, 15) is 17.6 Å². The van der Waals surface area contributed by atoms with Crippen LogP contribution in [0.1, 0.15) is 18.4 Å². The molecule has 1 rings (SSSR count). The lowest BCUT2D eigenvalue weighted by Gasteiger charge is -2.13. The molecule has 4 nitrogen and oxygen atoms in total. The number of sulfone groups is 1. The molecule has 0 bridgehead atoms. The Hall–Kier alpha value is -1.74. The minimum atomic E-state index is -3.60. The number of rotatable bonds is 4. The highest BCUT2D eigenvalue weighted by atomic mass is 32.2. The highest BCUT2D eigenvalue weighted by Gasteiger charge is 2.32. The smallest absolute Gasteiger partial charge is 0.172 e. The average molecular weight is 269 g/mol. The van der Waals surface area contributed by atoms with Gasteiger partial charge in [-0.2, -0.15) is 5.26 Å². The Bertz CT molecular complexity index is 604. The second-order valence-electron chi connectivity index (χ2n) is 3.96. The zero-order valence-corrected chi connectivity index (χ0v) is 10.7. The third kappa shape index (κ3) is 2.93. The van der Waals surface area contributed by atoms with E-state index in [1.165, 1.54) is 25.1 Å². The van der Waals surface area contributed by atoms with Gasteiger partial charge in [0.15, 0.2) is 15.6 Å². The van der Waals surface area contributed by atoms with Gasteiger partial charge in [-0.3, -0.25) is 4.79 Å². The van der Waals surface area contributed by atoms with E-state index in [1.807, 2.05) is 0 Å². The Morgan fingerprint density at radius 2 is 1.94 bits per heavy atom. The van der Waals surface area contributed by atoms with Crippen molar-refractivity contribution in [3.05, 3.63) is 35.6 Å². The van der Waals surface area contributed by atoms with E-state index >= 15 is 0 Å². The number of hydrogen-bond donors (Lipinski definition) is 0. The molecule has 1 aromatic carbocycles. The maximum absolute atomic E-state index is 13.5. The van der Waals surface area contributed by atoms with Crippen LogP contribution in [-0.4, -0.2) is 25.7 Å². The molecular weight excluding hydrogens is 257 g/mol. The number of ketones is 1. The van der Waals surface area contributed by atoms with Gasteiger partial charge in [-0.05, 0) is 13.0 Å². The largest absolute Gasteiger partial charge is 0.296 e. The first-order valence-electron chi connectivity index (χ1n) is 5.15. The molecule has 0 aliphatic rings. The fourth-order valence-corrected chi connectivity index (χ4v) is 2.00. The monoisotopic (exact) mass is 269 g/mol. The fourth-order valence-electron chi connectivity index (χ4n) is 1.44. The van der Waals surface area contributed by atoms with Crippen LogP contribution < -0.4 is 0 Å². The summed E-state index contributed by atoms with van der Waals surface area (Å²) in [6.07, 6.45) is 0.908. The molecule has 2 atom stereocenters. The van der Waals surface area contributed by atoms with Gasteiger partial charge < -0.3 is 0 Å². The Balaban J connectivity index is 3.18.